The Balaban J connectivity index is 2.12. The maximum absolute atomic E-state index is 9.62. The second kappa shape index (κ2) is 10.3. The van der Waals surface area contributed by atoms with Crippen molar-refractivity contribution in [3.8, 4) is 34.8 Å². The molecule has 0 saturated heterocycles. The van der Waals surface area contributed by atoms with E-state index >= 15 is 0 Å². The van der Waals surface area contributed by atoms with E-state index in [9.17, 15) is 5.26 Å². The molecular weight excluding hydrogens is 360 g/mol. The Morgan fingerprint density at radius 2 is 1.43 bits per heavy atom. The lowest BCUT2D eigenvalue weighted by Gasteiger charge is -2.17. The molecule has 0 saturated carbocycles. The van der Waals surface area contributed by atoms with Crippen molar-refractivity contribution >= 4 is 0 Å². The number of nitrogens with one attached hydrogen (secondary N) is 1. The van der Waals surface area contributed by atoms with Crippen LogP contribution in [-0.4, -0.2) is 42.1 Å². The maximum atomic E-state index is 9.62. The van der Waals surface area contributed by atoms with Gasteiger partial charge in [-0.2, -0.15) is 5.26 Å². The first-order chi connectivity index (χ1) is 13.6. The Morgan fingerprint density at radius 1 is 0.821 bits per heavy atom. The lowest BCUT2D eigenvalue weighted by atomic mass is 10.1. The van der Waals surface area contributed by atoms with Gasteiger partial charge in [0.1, 0.15) is 6.04 Å². The van der Waals surface area contributed by atoms with Crippen molar-refractivity contribution in [1.29, 1.82) is 5.26 Å². The summed E-state index contributed by atoms with van der Waals surface area (Å²) in [6.45, 7) is 0.602. The molecule has 0 spiro atoms. The van der Waals surface area contributed by atoms with Gasteiger partial charge in [0.05, 0.1) is 41.6 Å². The molecule has 0 bridgehead atoms. The summed E-state index contributed by atoms with van der Waals surface area (Å²) >= 11 is 0. The summed E-state index contributed by atoms with van der Waals surface area (Å²) in [6, 6.07) is 11.1. The minimum absolute atomic E-state index is 0.496. The van der Waals surface area contributed by atoms with Gasteiger partial charge in [0.2, 0.25) is 5.75 Å². The molecule has 0 radical (unpaired) electrons. The van der Waals surface area contributed by atoms with Crippen LogP contribution >= 0.6 is 0 Å². The molecule has 1 unspecified atom stereocenters. The van der Waals surface area contributed by atoms with E-state index in [1.54, 1.807) is 47.7 Å². The van der Waals surface area contributed by atoms with Crippen LogP contribution in [0.25, 0.3) is 0 Å². The van der Waals surface area contributed by atoms with Crippen LogP contribution in [0.2, 0.25) is 0 Å². The third kappa shape index (κ3) is 4.78. The third-order valence-corrected chi connectivity index (χ3v) is 4.36. The van der Waals surface area contributed by atoms with Crippen molar-refractivity contribution in [2.75, 3.05) is 42.1 Å². The van der Waals surface area contributed by atoms with Crippen molar-refractivity contribution in [3.63, 3.8) is 0 Å². The number of rotatable bonds is 10. The van der Waals surface area contributed by atoms with Gasteiger partial charge in [-0.1, -0.05) is 6.07 Å². The molecule has 0 heterocycles. The number of nitrogens with zero attached hydrogens (tertiary/aromatic N) is 1. The van der Waals surface area contributed by atoms with E-state index in [1.165, 1.54) is 0 Å². The minimum Gasteiger partial charge on any atom is -0.493 e. The quantitative estimate of drug-likeness (QED) is 0.672. The molecule has 0 aliphatic carbocycles. The standard InChI is InChI=1S/C21H26N2O5/c1-24-17-7-6-14(10-18(17)25-2)8-9-23-16(13-22)15-11-19(26-3)21(28-5)20(12-15)27-4/h6-7,10-12,16,23H,8-9H2,1-5H3. The molecule has 0 aromatic heterocycles. The maximum Gasteiger partial charge on any atom is 0.203 e. The van der Waals surface area contributed by atoms with Gasteiger partial charge in [-0.3, -0.25) is 5.32 Å². The van der Waals surface area contributed by atoms with Gasteiger partial charge in [0.15, 0.2) is 23.0 Å². The first kappa shape index (κ1) is 21.2. The van der Waals surface area contributed by atoms with Crippen molar-refractivity contribution in [1.82, 2.24) is 5.32 Å². The molecule has 7 heteroatoms. The van der Waals surface area contributed by atoms with E-state index in [2.05, 4.69) is 11.4 Å². The second-order valence-corrected chi connectivity index (χ2v) is 5.91. The number of benzene rings is 2. The Morgan fingerprint density at radius 3 is 1.93 bits per heavy atom. The fourth-order valence-electron chi connectivity index (χ4n) is 2.90. The lowest BCUT2D eigenvalue weighted by molar-refractivity contribution is 0.323. The van der Waals surface area contributed by atoms with E-state index < -0.39 is 6.04 Å². The number of hydrogen-bond donors (Lipinski definition) is 1. The molecule has 1 atom stereocenters. The highest BCUT2D eigenvalue weighted by Crippen LogP contribution is 2.39. The van der Waals surface area contributed by atoms with Gasteiger partial charge in [-0.15, -0.1) is 0 Å². The fraction of sp³-hybridized carbons (Fsp3) is 0.381. The Labute approximate surface area is 165 Å². The van der Waals surface area contributed by atoms with Crippen LogP contribution < -0.4 is 29.0 Å². The molecule has 0 amide bonds. The van der Waals surface area contributed by atoms with Gasteiger partial charge in [0, 0.05) is 6.54 Å². The Kier molecular flexibility index (Phi) is 7.78. The van der Waals surface area contributed by atoms with Crippen LogP contribution in [0, 0.1) is 11.3 Å². The van der Waals surface area contributed by atoms with Gasteiger partial charge >= 0.3 is 0 Å². The van der Waals surface area contributed by atoms with Crippen molar-refractivity contribution < 1.29 is 23.7 Å². The highest BCUT2D eigenvalue weighted by Gasteiger charge is 2.18. The largest absolute Gasteiger partial charge is 0.493 e. The molecule has 150 valence electrons. The minimum atomic E-state index is -0.520. The summed E-state index contributed by atoms with van der Waals surface area (Å²) in [4.78, 5) is 0. The normalized spacial score (nSPS) is 11.3. The van der Waals surface area contributed by atoms with Crippen LogP contribution in [-0.2, 0) is 6.42 Å². The highest BCUT2D eigenvalue weighted by atomic mass is 16.5. The third-order valence-electron chi connectivity index (χ3n) is 4.36. The smallest absolute Gasteiger partial charge is 0.203 e. The number of nitriles is 1. The summed E-state index contributed by atoms with van der Waals surface area (Å²) in [6.07, 6.45) is 0.725. The molecule has 0 fully saturated rings. The molecule has 2 aromatic rings. The van der Waals surface area contributed by atoms with Gasteiger partial charge in [-0.25, -0.2) is 0 Å². The van der Waals surface area contributed by atoms with Crippen LogP contribution in [0.4, 0.5) is 0 Å². The van der Waals surface area contributed by atoms with Crippen LogP contribution in [0.3, 0.4) is 0 Å². The number of hydrogen-bond acceptors (Lipinski definition) is 7. The monoisotopic (exact) mass is 386 g/mol. The van der Waals surface area contributed by atoms with E-state index in [0.717, 1.165) is 17.5 Å². The topological polar surface area (TPSA) is 82.0 Å². The fourth-order valence-corrected chi connectivity index (χ4v) is 2.90. The summed E-state index contributed by atoms with van der Waals surface area (Å²) in [5, 5.41) is 12.9. The van der Waals surface area contributed by atoms with E-state index in [0.29, 0.717) is 35.3 Å². The predicted octanol–water partition coefficient (Wildman–Crippen LogP) is 3.13. The average Bonchev–Trinajstić information content (AvgIpc) is 2.75. The van der Waals surface area contributed by atoms with Crippen LogP contribution in [0.5, 0.6) is 28.7 Å². The number of ether oxygens (including phenoxy) is 5. The summed E-state index contributed by atoms with van der Waals surface area (Å²) in [7, 11) is 7.85. The number of methoxy groups -OCH3 is 5. The molecule has 2 aromatic carbocycles. The first-order valence-corrected chi connectivity index (χ1v) is 8.75. The lowest BCUT2D eigenvalue weighted by Crippen LogP contribution is -2.22. The van der Waals surface area contributed by atoms with Gasteiger partial charge in [-0.05, 0) is 41.8 Å². The zero-order valence-electron chi connectivity index (χ0n) is 16.9. The molecule has 2 rings (SSSR count). The summed E-state index contributed by atoms with van der Waals surface area (Å²) < 4.78 is 26.6. The molecule has 28 heavy (non-hydrogen) atoms. The summed E-state index contributed by atoms with van der Waals surface area (Å²) in [5.41, 5.74) is 1.82. The van der Waals surface area contributed by atoms with E-state index in [4.69, 9.17) is 23.7 Å². The van der Waals surface area contributed by atoms with Crippen molar-refractivity contribution in [3.05, 3.63) is 41.5 Å². The molecule has 7 nitrogen and oxygen atoms in total. The zero-order valence-corrected chi connectivity index (χ0v) is 16.9. The predicted molar refractivity (Wildman–Crippen MR) is 106 cm³/mol. The van der Waals surface area contributed by atoms with Crippen molar-refractivity contribution in [2.24, 2.45) is 0 Å². The van der Waals surface area contributed by atoms with Crippen LogP contribution in [0.15, 0.2) is 30.3 Å². The Bertz CT molecular complexity index is 807. The van der Waals surface area contributed by atoms with E-state index in [1.807, 2.05) is 18.2 Å². The average molecular weight is 386 g/mol. The molecule has 0 aliphatic rings. The highest BCUT2D eigenvalue weighted by molar-refractivity contribution is 5.55. The molecule has 1 N–H and O–H groups in total. The second-order valence-electron chi connectivity index (χ2n) is 5.91. The van der Waals surface area contributed by atoms with Gasteiger partial charge in [0.25, 0.3) is 0 Å². The Hall–Kier alpha value is -3.11. The van der Waals surface area contributed by atoms with E-state index in [-0.39, 0.29) is 0 Å². The zero-order chi connectivity index (χ0) is 20.5. The van der Waals surface area contributed by atoms with Crippen LogP contribution in [0.1, 0.15) is 17.2 Å². The van der Waals surface area contributed by atoms with Crippen molar-refractivity contribution in [2.45, 2.75) is 12.5 Å². The SMILES string of the molecule is COc1ccc(CCNC(C#N)c2cc(OC)c(OC)c(OC)c2)cc1OC. The van der Waals surface area contributed by atoms with Gasteiger partial charge < -0.3 is 23.7 Å². The molecule has 0 aliphatic heterocycles. The molecular formula is C21H26N2O5. The first-order valence-electron chi connectivity index (χ1n) is 8.75. The summed E-state index contributed by atoms with van der Waals surface area (Å²) in [5.74, 6) is 2.89.